The van der Waals surface area contributed by atoms with E-state index in [1.165, 1.54) is 16.6 Å². The van der Waals surface area contributed by atoms with Crippen LogP contribution in [0.3, 0.4) is 0 Å². The Morgan fingerprint density at radius 1 is 1.00 bits per heavy atom. The van der Waals surface area contributed by atoms with Crippen LogP contribution in [0.5, 0.6) is 0 Å². The molecule has 0 aliphatic carbocycles. The first-order valence-corrected chi connectivity index (χ1v) is 10.9. The highest BCUT2D eigenvalue weighted by molar-refractivity contribution is 5.87. The lowest BCUT2D eigenvalue weighted by Crippen LogP contribution is -2.31. The van der Waals surface area contributed by atoms with Crippen molar-refractivity contribution in [3.05, 3.63) is 82.2 Å². The first-order chi connectivity index (χ1) is 15.4. The molecule has 4 heterocycles. The van der Waals surface area contributed by atoms with Gasteiger partial charge in [0.1, 0.15) is 0 Å². The van der Waals surface area contributed by atoms with E-state index in [4.69, 9.17) is 0 Å². The number of fused-ring (bicyclic) bond motifs is 3. The van der Waals surface area contributed by atoms with Gasteiger partial charge in [-0.15, -0.1) is 0 Å². The molecule has 0 saturated carbocycles. The van der Waals surface area contributed by atoms with Gasteiger partial charge in [0, 0.05) is 74.3 Å². The molecule has 6 nitrogen and oxygen atoms in total. The highest BCUT2D eigenvalue weighted by Gasteiger charge is 2.22. The van der Waals surface area contributed by atoms with Crippen molar-refractivity contribution in [3.63, 3.8) is 0 Å². The Balaban J connectivity index is 1.52. The van der Waals surface area contributed by atoms with Gasteiger partial charge in [-0.3, -0.25) is 19.1 Å². The second-order valence-electron chi connectivity index (χ2n) is 8.50. The van der Waals surface area contributed by atoms with E-state index in [2.05, 4.69) is 28.7 Å². The second kappa shape index (κ2) is 7.79. The Morgan fingerprint density at radius 3 is 2.53 bits per heavy atom. The van der Waals surface area contributed by atoms with Gasteiger partial charge in [0.05, 0.1) is 11.2 Å². The molecular formula is C26H26N4O2. The molecule has 3 aromatic heterocycles. The van der Waals surface area contributed by atoms with Crippen molar-refractivity contribution in [1.82, 2.24) is 19.0 Å². The maximum absolute atomic E-state index is 12.9. The fourth-order valence-electron chi connectivity index (χ4n) is 4.73. The first-order valence-electron chi connectivity index (χ1n) is 10.9. The predicted octanol–water partition coefficient (Wildman–Crippen LogP) is 3.65. The smallest absolute Gasteiger partial charge is 0.255 e. The normalized spacial score (nSPS) is 13.8. The maximum Gasteiger partial charge on any atom is 0.255 e. The lowest BCUT2D eigenvalue weighted by Gasteiger charge is -2.18. The fraction of sp³-hybridized carbons (Fsp3) is 0.269. The van der Waals surface area contributed by atoms with Crippen LogP contribution in [-0.2, 0) is 24.7 Å². The first kappa shape index (κ1) is 20.2. The predicted molar refractivity (Wildman–Crippen MR) is 126 cm³/mol. The third-order valence-corrected chi connectivity index (χ3v) is 6.56. The number of nitrogens with zero attached hydrogens (tertiary/aromatic N) is 4. The van der Waals surface area contributed by atoms with Crippen molar-refractivity contribution in [1.29, 1.82) is 0 Å². The molecular weight excluding hydrogens is 400 g/mol. The van der Waals surface area contributed by atoms with Crippen molar-refractivity contribution in [2.24, 2.45) is 7.05 Å². The standard InChI is InChI=1S/C26H26N4O2/c1-17-4-5-20(16-27-17)19-8-13-30(26(32)14-19)21-6-7-22-23-9-11-29(18(2)31)12-10-24(23)28(3)25(22)15-21/h4-8,13-16H,9-12H2,1-3H3. The zero-order valence-corrected chi connectivity index (χ0v) is 18.6. The summed E-state index contributed by atoms with van der Waals surface area (Å²) in [5.74, 6) is 0.133. The van der Waals surface area contributed by atoms with Crippen LogP contribution in [0.15, 0.2) is 59.7 Å². The van der Waals surface area contributed by atoms with Crippen LogP contribution in [0, 0.1) is 6.92 Å². The van der Waals surface area contributed by atoms with Crippen LogP contribution in [0.4, 0.5) is 0 Å². The third-order valence-electron chi connectivity index (χ3n) is 6.56. The number of pyridine rings is 2. The topological polar surface area (TPSA) is 60.1 Å². The van der Waals surface area contributed by atoms with Crippen LogP contribution in [-0.4, -0.2) is 38.0 Å². The zero-order chi connectivity index (χ0) is 22.4. The van der Waals surface area contributed by atoms with Gasteiger partial charge in [0.2, 0.25) is 5.91 Å². The van der Waals surface area contributed by atoms with E-state index in [-0.39, 0.29) is 11.5 Å². The molecule has 0 radical (unpaired) electrons. The van der Waals surface area contributed by atoms with Crippen LogP contribution >= 0.6 is 0 Å². The number of aryl methyl sites for hydroxylation is 2. The number of rotatable bonds is 2. The second-order valence-corrected chi connectivity index (χ2v) is 8.50. The monoisotopic (exact) mass is 426 g/mol. The molecule has 0 saturated heterocycles. The van der Waals surface area contributed by atoms with Crippen molar-refractivity contribution < 1.29 is 4.79 Å². The molecule has 1 aliphatic rings. The van der Waals surface area contributed by atoms with E-state index >= 15 is 0 Å². The van der Waals surface area contributed by atoms with Crippen molar-refractivity contribution in [2.45, 2.75) is 26.7 Å². The minimum atomic E-state index is -0.0738. The summed E-state index contributed by atoms with van der Waals surface area (Å²) < 4.78 is 3.90. The Hall–Kier alpha value is -3.67. The Morgan fingerprint density at radius 2 is 1.81 bits per heavy atom. The Kier molecular flexibility index (Phi) is 4.93. The number of benzene rings is 1. The highest BCUT2D eigenvalue weighted by Crippen LogP contribution is 2.30. The largest absolute Gasteiger partial charge is 0.347 e. The molecule has 0 atom stereocenters. The van der Waals surface area contributed by atoms with Gasteiger partial charge in [-0.25, -0.2) is 0 Å². The van der Waals surface area contributed by atoms with Gasteiger partial charge in [-0.05, 0) is 48.7 Å². The SMILES string of the molecule is CC(=O)N1CCc2c(n(C)c3cc(-n4ccc(-c5ccc(C)nc5)cc4=O)ccc23)CC1. The van der Waals surface area contributed by atoms with Crippen LogP contribution in [0.2, 0.25) is 0 Å². The molecule has 5 rings (SSSR count). The highest BCUT2D eigenvalue weighted by atomic mass is 16.2. The quantitative estimate of drug-likeness (QED) is 0.492. The molecule has 1 amide bonds. The Bertz CT molecular complexity index is 1400. The number of carbonyl (C=O) groups is 1. The average Bonchev–Trinajstić information content (AvgIpc) is 2.92. The number of hydrogen-bond acceptors (Lipinski definition) is 3. The van der Waals surface area contributed by atoms with Gasteiger partial charge in [0.25, 0.3) is 5.56 Å². The summed E-state index contributed by atoms with van der Waals surface area (Å²) in [6.45, 7) is 5.07. The summed E-state index contributed by atoms with van der Waals surface area (Å²) >= 11 is 0. The molecule has 0 bridgehead atoms. The molecule has 162 valence electrons. The van der Waals surface area contributed by atoms with Crippen LogP contribution in [0.25, 0.3) is 27.7 Å². The van der Waals surface area contributed by atoms with E-state index in [1.807, 2.05) is 42.3 Å². The average molecular weight is 427 g/mol. The van der Waals surface area contributed by atoms with Crippen molar-refractivity contribution in [3.8, 4) is 16.8 Å². The summed E-state index contributed by atoms with van der Waals surface area (Å²) in [5.41, 5.74) is 7.21. The number of hydrogen-bond donors (Lipinski definition) is 0. The minimum absolute atomic E-state index is 0.0738. The summed E-state index contributed by atoms with van der Waals surface area (Å²) in [6, 6.07) is 13.7. The van der Waals surface area contributed by atoms with Gasteiger partial charge in [-0.2, -0.15) is 0 Å². The van der Waals surface area contributed by atoms with E-state index in [0.29, 0.717) is 0 Å². The lowest BCUT2D eigenvalue weighted by atomic mass is 10.1. The van der Waals surface area contributed by atoms with E-state index in [9.17, 15) is 9.59 Å². The maximum atomic E-state index is 12.9. The van der Waals surface area contributed by atoms with Crippen molar-refractivity contribution in [2.75, 3.05) is 13.1 Å². The number of carbonyl (C=O) groups excluding carboxylic acids is 1. The molecule has 1 aliphatic heterocycles. The minimum Gasteiger partial charge on any atom is -0.347 e. The summed E-state index contributed by atoms with van der Waals surface area (Å²) in [4.78, 5) is 31.0. The van der Waals surface area contributed by atoms with Crippen LogP contribution in [0.1, 0.15) is 23.9 Å². The molecule has 4 aromatic rings. The van der Waals surface area contributed by atoms with E-state index in [1.54, 1.807) is 23.8 Å². The molecule has 0 fully saturated rings. The molecule has 32 heavy (non-hydrogen) atoms. The number of aromatic nitrogens is 3. The lowest BCUT2D eigenvalue weighted by molar-refractivity contribution is -0.128. The van der Waals surface area contributed by atoms with E-state index < -0.39 is 0 Å². The third kappa shape index (κ3) is 3.42. The van der Waals surface area contributed by atoms with E-state index in [0.717, 1.165) is 54.0 Å². The molecule has 1 aromatic carbocycles. The van der Waals surface area contributed by atoms with Gasteiger partial charge in [-0.1, -0.05) is 12.1 Å². The number of amides is 1. The Labute approximate surface area is 186 Å². The molecule has 0 N–H and O–H groups in total. The van der Waals surface area contributed by atoms with Gasteiger partial charge >= 0.3 is 0 Å². The summed E-state index contributed by atoms with van der Waals surface area (Å²) in [6.07, 6.45) is 5.32. The molecule has 6 heteroatoms. The zero-order valence-electron chi connectivity index (χ0n) is 18.6. The molecule has 0 spiro atoms. The molecule has 0 unspecified atom stereocenters. The van der Waals surface area contributed by atoms with Gasteiger partial charge < -0.3 is 9.47 Å². The van der Waals surface area contributed by atoms with Crippen molar-refractivity contribution >= 4 is 16.8 Å². The summed E-state index contributed by atoms with van der Waals surface area (Å²) in [5, 5.41) is 1.20. The van der Waals surface area contributed by atoms with Gasteiger partial charge in [0.15, 0.2) is 0 Å². The fourth-order valence-corrected chi connectivity index (χ4v) is 4.73. The summed E-state index contributed by atoms with van der Waals surface area (Å²) in [7, 11) is 2.07. The van der Waals surface area contributed by atoms with Crippen LogP contribution < -0.4 is 5.56 Å².